The first-order chi connectivity index (χ1) is 7.76. The molecule has 5 fully saturated rings. The predicted octanol–water partition coefficient (Wildman–Crippen LogP) is 1.50. The lowest BCUT2D eigenvalue weighted by molar-refractivity contribution is -0.103. The van der Waals surface area contributed by atoms with E-state index < -0.39 is 0 Å². The van der Waals surface area contributed by atoms with E-state index in [1.54, 1.807) is 0 Å². The van der Waals surface area contributed by atoms with Crippen LogP contribution in [0.15, 0.2) is 0 Å². The highest BCUT2D eigenvalue weighted by atomic mass is 32.2. The Morgan fingerprint density at radius 3 is 2.31 bits per heavy atom. The minimum absolute atomic E-state index is 0.279. The summed E-state index contributed by atoms with van der Waals surface area (Å²) in [5.74, 6) is 4.39. The quantitative estimate of drug-likeness (QED) is 0.769. The molecule has 5 rings (SSSR count). The SMILES string of the molecule is OCC12CC3CN(CC(C1)C31SCCS1)C2. The van der Waals surface area contributed by atoms with Crippen LogP contribution >= 0.6 is 23.5 Å². The molecule has 4 aliphatic heterocycles. The smallest absolute Gasteiger partial charge is 0.0692 e. The van der Waals surface area contributed by atoms with Crippen molar-refractivity contribution in [3.8, 4) is 0 Å². The average Bonchev–Trinajstić information content (AvgIpc) is 2.75. The summed E-state index contributed by atoms with van der Waals surface area (Å²) < 4.78 is 0.551. The van der Waals surface area contributed by atoms with Crippen molar-refractivity contribution >= 4 is 23.5 Å². The Kier molecular flexibility index (Phi) is 2.20. The van der Waals surface area contributed by atoms with Crippen LogP contribution in [0.4, 0.5) is 0 Å². The van der Waals surface area contributed by atoms with Crippen molar-refractivity contribution in [3.63, 3.8) is 0 Å². The van der Waals surface area contributed by atoms with E-state index in [4.69, 9.17) is 0 Å². The zero-order valence-corrected chi connectivity index (χ0v) is 11.2. The second-order valence-electron chi connectivity index (χ2n) is 6.07. The summed E-state index contributed by atoms with van der Waals surface area (Å²) in [5, 5.41) is 9.72. The maximum atomic E-state index is 9.72. The molecule has 0 aromatic carbocycles. The van der Waals surface area contributed by atoms with Crippen LogP contribution < -0.4 is 0 Å². The monoisotopic (exact) mass is 257 g/mol. The highest BCUT2D eigenvalue weighted by Crippen LogP contribution is 2.66. The summed E-state index contributed by atoms with van der Waals surface area (Å²) in [6, 6.07) is 0. The van der Waals surface area contributed by atoms with Gasteiger partial charge in [0.1, 0.15) is 0 Å². The third-order valence-electron chi connectivity index (χ3n) is 5.09. The molecule has 1 N–H and O–H groups in total. The van der Waals surface area contributed by atoms with Crippen molar-refractivity contribution in [1.82, 2.24) is 4.90 Å². The molecular weight excluding hydrogens is 238 g/mol. The first-order valence-corrected chi connectivity index (χ1v) is 8.35. The Morgan fingerprint density at radius 2 is 1.75 bits per heavy atom. The van der Waals surface area contributed by atoms with Crippen LogP contribution in [0, 0.1) is 17.3 Å². The number of nitrogens with zero attached hydrogens (tertiary/aromatic N) is 1. The molecular formula is C12H19NOS2. The second kappa shape index (κ2) is 3.34. The molecule has 4 heterocycles. The molecule has 4 heteroatoms. The molecule has 0 aromatic rings. The van der Waals surface area contributed by atoms with Crippen LogP contribution in [0.5, 0.6) is 0 Å². The van der Waals surface area contributed by atoms with Crippen molar-refractivity contribution in [2.75, 3.05) is 37.7 Å². The Labute approximate surface area is 106 Å². The van der Waals surface area contributed by atoms with Crippen LogP contribution in [-0.4, -0.2) is 51.8 Å². The van der Waals surface area contributed by atoms with Crippen LogP contribution in [-0.2, 0) is 0 Å². The van der Waals surface area contributed by atoms with Crippen LogP contribution in [0.2, 0.25) is 0 Å². The zero-order chi connectivity index (χ0) is 10.8. The fourth-order valence-electron chi connectivity index (χ4n) is 4.66. The predicted molar refractivity (Wildman–Crippen MR) is 69.8 cm³/mol. The van der Waals surface area contributed by atoms with Crippen LogP contribution in [0.25, 0.3) is 0 Å². The minimum Gasteiger partial charge on any atom is -0.396 e. The maximum absolute atomic E-state index is 9.72. The van der Waals surface area contributed by atoms with Gasteiger partial charge in [0, 0.05) is 43.2 Å². The number of rotatable bonds is 1. The fourth-order valence-corrected chi connectivity index (χ4v) is 8.37. The van der Waals surface area contributed by atoms with E-state index in [0.717, 1.165) is 11.8 Å². The van der Waals surface area contributed by atoms with Gasteiger partial charge in [0.25, 0.3) is 0 Å². The number of piperidine rings is 3. The summed E-state index contributed by atoms with van der Waals surface area (Å²) in [5.41, 5.74) is 0.279. The molecule has 1 spiro atoms. The summed E-state index contributed by atoms with van der Waals surface area (Å²) in [7, 11) is 0. The Balaban J connectivity index is 1.72. The first kappa shape index (κ1) is 10.5. The molecule has 1 saturated carbocycles. The molecule has 0 aromatic heterocycles. The van der Waals surface area contributed by atoms with Gasteiger partial charge >= 0.3 is 0 Å². The number of hydrogen-bond acceptors (Lipinski definition) is 4. The Hall–Kier alpha value is 0.620. The van der Waals surface area contributed by atoms with Crippen LogP contribution in [0.3, 0.4) is 0 Å². The lowest BCUT2D eigenvalue weighted by Crippen LogP contribution is -2.68. The minimum atomic E-state index is 0.279. The maximum Gasteiger partial charge on any atom is 0.0692 e. The van der Waals surface area contributed by atoms with E-state index in [0.29, 0.717) is 10.7 Å². The van der Waals surface area contributed by atoms with E-state index in [9.17, 15) is 5.11 Å². The highest BCUT2D eigenvalue weighted by Gasteiger charge is 2.62. The number of aliphatic hydroxyl groups is 1. The fraction of sp³-hybridized carbons (Fsp3) is 1.00. The molecule has 0 amide bonds. The van der Waals surface area contributed by atoms with E-state index in [2.05, 4.69) is 28.4 Å². The summed E-state index contributed by atoms with van der Waals surface area (Å²) in [4.78, 5) is 2.63. The molecule has 5 aliphatic rings. The molecule has 2 nitrogen and oxygen atoms in total. The van der Waals surface area contributed by atoms with Gasteiger partial charge in [0.15, 0.2) is 0 Å². The number of thioether (sulfide) groups is 2. The molecule has 4 bridgehead atoms. The average molecular weight is 257 g/mol. The third-order valence-corrected chi connectivity index (χ3v) is 9.10. The van der Waals surface area contributed by atoms with E-state index >= 15 is 0 Å². The van der Waals surface area contributed by atoms with Gasteiger partial charge in [-0.3, -0.25) is 0 Å². The van der Waals surface area contributed by atoms with Gasteiger partial charge in [-0.05, 0) is 24.7 Å². The van der Waals surface area contributed by atoms with E-state index in [-0.39, 0.29) is 5.41 Å². The first-order valence-electron chi connectivity index (χ1n) is 6.38. The van der Waals surface area contributed by atoms with Crippen molar-refractivity contribution in [3.05, 3.63) is 0 Å². The van der Waals surface area contributed by atoms with Gasteiger partial charge in [-0.2, -0.15) is 0 Å². The molecule has 1 aliphatic carbocycles. The summed E-state index contributed by atoms with van der Waals surface area (Å²) >= 11 is 4.49. The van der Waals surface area contributed by atoms with Crippen molar-refractivity contribution in [2.24, 2.45) is 17.3 Å². The largest absolute Gasteiger partial charge is 0.396 e. The van der Waals surface area contributed by atoms with Gasteiger partial charge in [-0.25, -0.2) is 0 Å². The van der Waals surface area contributed by atoms with Crippen molar-refractivity contribution < 1.29 is 5.11 Å². The van der Waals surface area contributed by atoms with Gasteiger partial charge < -0.3 is 10.0 Å². The van der Waals surface area contributed by atoms with Gasteiger partial charge in [0.2, 0.25) is 0 Å². The van der Waals surface area contributed by atoms with E-state index in [1.165, 1.54) is 44.0 Å². The molecule has 0 radical (unpaired) electrons. The van der Waals surface area contributed by atoms with Gasteiger partial charge in [-0.15, -0.1) is 23.5 Å². The lowest BCUT2D eigenvalue weighted by Gasteiger charge is -2.64. The molecule has 90 valence electrons. The van der Waals surface area contributed by atoms with Gasteiger partial charge in [-0.1, -0.05) is 0 Å². The van der Waals surface area contributed by atoms with E-state index in [1.807, 2.05) is 0 Å². The molecule has 4 saturated heterocycles. The van der Waals surface area contributed by atoms with Crippen molar-refractivity contribution in [1.29, 1.82) is 0 Å². The number of aliphatic hydroxyl groups excluding tert-OH is 1. The van der Waals surface area contributed by atoms with Crippen LogP contribution in [0.1, 0.15) is 12.8 Å². The highest BCUT2D eigenvalue weighted by molar-refractivity contribution is 8.21. The summed E-state index contributed by atoms with van der Waals surface area (Å²) in [6.07, 6.45) is 2.58. The zero-order valence-electron chi connectivity index (χ0n) is 9.52. The molecule has 16 heavy (non-hydrogen) atoms. The molecule has 2 unspecified atom stereocenters. The topological polar surface area (TPSA) is 23.5 Å². The molecule has 2 atom stereocenters. The summed E-state index contributed by atoms with van der Waals surface area (Å²) in [6.45, 7) is 4.19. The Morgan fingerprint density at radius 1 is 1.12 bits per heavy atom. The Bertz CT molecular complexity index is 298. The lowest BCUT2D eigenvalue weighted by atomic mass is 9.59. The third kappa shape index (κ3) is 1.20. The normalized spacial score (nSPS) is 52.7. The number of hydrogen-bond donors (Lipinski definition) is 1. The second-order valence-corrected chi connectivity index (χ2v) is 9.08. The van der Waals surface area contributed by atoms with Crippen molar-refractivity contribution in [2.45, 2.75) is 16.9 Å². The standard InChI is InChI=1S/C12H19NOS2/c14-8-11-3-9-5-13(7-11)6-10(4-11)12(9)15-1-2-16-12/h9-10,14H,1-8H2. The van der Waals surface area contributed by atoms with Gasteiger partial charge in [0.05, 0.1) is 4.08 Å².